The molecule has 20 heavy (non-hydrogen) atoms. The molecule has 0 saturated carbocycles. The maximum Gasteiger partial charge on any atom is 0.170 e. The molecule has 0 radical (unpaired) electrons. The standard InChI is InChI=1S/C14H13BrClFN2O/c1-3-11-14(16)12(19(2)18-11)7-13(20)9-6-8(17)4-5-10(9)15/h4-6H,3,7H2,1-2H3. The van der Waals surface area contributed by atoms with E-state index >= 15 is 0 Å². The summed E-state index contributed by atoms with van der Waals surface area (Å²) in [4.78, 5) is 12.3. The normalized spacial score (nSPS) is 10.8. The Morgan fingerprint density at radius 3 is 2.80 bits per heavy atom. The Morgan fingerprint density at radius 1 is 1.50 bits per heavy atom. The number of halogens is 3. The van der Waals surface area contributed by atoms with E-state index < -0.39 is 5.82 Å². The van der Waals surface area contributed by atoms with Crippen LogP contribution in [0, 0.1) is 5.82 Å². The van der Waals surface area contributed by atoms with Gasteiger partial charge in [0.25, 0.3) is 0 Å². The van der Waals surface area contributed by atoms with E-state index in [4.69, 9.17) is 11.6 Å². The number of aromatic nitrogens is 2. The lowest BCUT2D eigenvalue weighted by molar-refractivity contribution is 0.0989. The summed E-state index contributed by atoms with van der Waals surface area (Å²) in [5.74, 6) is -0.647. The summed E-state index contributed by atoms with van der Waals surface area (Å²) in [5, 5.41) is 4.77. The summed E-state index contributed by atoms with van der Waals surface area (Å²) in [6.07, 6.45) is 0.787. The summed E-state index contributed by atoms with van der Waals surface area (Å²) in [5.41, 5.74) is 1.71. The molecule has 0 atom stereocenters. The molecule has 0 aliphatic heterocycles. The highest BCUT2D eigenvalue weighted by Gasteiger charge is 2.19. The number of ketones is 1. The van der Waals surface area contributed by atoms with Crippen molar-refractivity contribution in [2.45, 2.75) is 19.8 Å². The first-order valence-corrected chi connectivity index (χ1v) is 7.29. The number of carbonyl (C=O) groups excluding carboxylic acids is 1. The average Bonchev–Trinajstić information content (AvgIpc) is 2.68. The Morgan fingerprint density at radius 2 is 2.20 bits per heavy atom. The first-order chi connectivity index (χ1) is 9.43. The minimum Gasteiger partial charge on any atom is -0.294 e. The van der Waals surface area contributed by atoms with Gasteiger partial charge in [-0.1, -0.05) is 34.5 Å². The second kappa shape index (κ2) is 6.06. The molecule has 0 amide bonds. The molecule has 2 aromatic rings. The van der Waals surface area contributed by atoms with Gasteiger partial charge in [0, 0.05) is 17.1 Å². The molecule has 106 valence electrons. The van der Waals surface area contributed by atoms with Gasteiger partial charge in [-0.05, 0) is 24.6 Å². The zero-order valence-electron chi connectivity index (χ0n) is 11.1. The third-order valence-corrected chi connectivity index (χ3v) is 4.19. The molecule has 0 aliphatic carbocycles. The van der Waals surface area contributed by atoms with Crippen LogP contribution in [0.2, 0.25) is 5.02 Å². The van der Waals surface area contributed by atoms with E-state index in [9.17, 15) is 9.18 Å². The molecule has 0 fully saturated rings. The van der Waals surface area contributed by atoms with E-state index in [1.807, 2.05) is 6.92 Å². The van der Waals surface area contributed by atoms with Gasteiger partial charge in [0.15, 0.2) is 5.78 Å². The van der Waals surface area contributed by atoms with E-state index in [0.717, 1.165) is 5.69 Å². The van der Waals surface area contributed by atoms with Crippen LogP contribution in [-0.2, 0) is 19.9 Å². The predicted molar refractivity (Wildman–Crippen MR) is 79.7 cm³/mol. The summed E-state index contributed by atoms with van der Waals surface area (Å²) >= 11 is 9.47. The van der Waals surface area contributed by atoms with E-state index in [1.54, 1.807) is 11.7 Å². The highest BCUT2D eigenvalue weighted by molar-refractivity contribution is 9.10. The molecule has 3 nitrogen and oxygen atoms in total. The number of aryl methyl sites for hydroxylation is 2. The van der Waals surface area contributed by atoms with E-state index in [0.29, 0.717) is 27.2 Å². The van der Waals surface area contributed by atoms with Crippen LogP contribution in [0.15, 0.2) is 22.7 Å². The van der Waals surface area contributed by atoms with Crippen LogP contribution in [0.25, 0.3) is 0 Å². The van der Waals surface area contributed by atoms with Gasteiger partial charge in [0.1, 0.15) is 5.82 Å². The molecule has 1 aromatic carbocycles. The van der Waals surface area contributed by atoms with Gasteiger partial charge in [-0.3, -0.25) is 9.48 Å². The van der Waals surface area contributed by atoms with Gasteiger partial charge in [-0.2, -0.15) is 5.10 Å². The fourth-order valence-corrected chi connectivity index (χ4v) is 2.80. The van der Waals surface area contributed by atoms with Gasteiger partial charge in [0.05, 0.1) is 22.8 Å². The average molecular weight is 360 g/mol. The van der Waals surface area contributed by atoms with Crippen molar-refractivity contribution in [2.75, 3.05) is 0 Å². The van der Waals surface area contributed by atoms with Crippen molar-refractivity contribution < 1.29 is 9.18 Å². The molecule has 2 rings (SSSR count). The van der Waals surface area contributed by atoms with Gasteiger partial charge in [-0.25, -0.2) is 4.39 Å². The van der Waals surface area contributed by atoms with Crippen LogP contribution in [0.3, 0.4) is 0 Å². The second-order valence-corrected chi connectivity index (χ2v) is 5.64. The molecule has 1 aromatic heterocycles. The first-order valence-electron chi connectivity index (χ1n) is 6.12. The molecular formula is C14H13BrClFN2O. The van der Waals surface area contributed by atoms with Crippen molar-refractivity contribution in [3.8, 4) is 0 Å². The Labute approximate surface area is 129 Å². The quantitative estimate of drug-likeness (QED) is 0.774. The monoisotopic (exact) mass is 358 g/mol. The van der Waals surface area contributed by atoms with Gasteiger partial charge >= 0.3 is 0 Å². The van der Waals surface area contributed by atoms with Crippen molar-refractivity contribution in [3.05, 3.63) is 50.5 Å². The Kier molecular flexibility index (Phi) is 4.60. The third-order valence-electron chi connectivity index (χ3n) is 3.06. The minimum absolute atomic E-state index is 0.0877. The fourth-order valence-electron chi connectivity index (χ4n) is 1.97. The molecule has 0 aliphatic rings. The lowest BCUT2D eigenvalue weighted by atomic mass is 10.1. The van der Waals surface area contributed by atoms with E-state index in [-0.39, 0.29) is 12.2 Å². The number of hydrogen-bond acceptors (Lipinski definition) is 2. The topological polar surface area (TPSA) is 34.9 Å². The van der Waals surface area contributed by atoms with Crippen LogP contribution in [0.1, 0.15) is 28.7 Å². The Hall–Kier alpha value is -1.20. The van der Waals surface area contributed by atoms with Gasteiger partial charge < -0.3 is 0 Å². The fraction of sp³-hybridized carbons (Fsp3) is 0.286. The Balaban J connectivity index is 2.33. The number of benzene rings is 1. The zero-order valence-corrected chi connectivity index (χ0v) is 13.4. The number of nitrogens with zero attached hydrogens (tertiary/aromatic N) is 2. The minimum atomic E-state index is -0.443. The van der Waals surface area contributed by atoms with Gasteiger partial charge in [0.2, 0.25) is 0 Å². The Bertz CT molecular complexity index is 669. The number of hydrogen-bond donors (Lipinski definition) is 0. The van der Waals surface area contributed by atoms with E-state index in [2.05, 4.69) is 21.0 Å². The zero-order chi connectivity index (χ0) is 14.9. The molecule has 0 unspecified atom stereocenters. The predicted octanol–water partition coefficient (Wildman–Crippen LogP) is 3.96. The summed E-state index contributed by atoms with van der Waals surface area (Å²) in [6, 6.07) is 4.04. The molecular weight excluding hydrogens is 347 g/mol. The van der Waals surface area contributed by atoms with Crippen LogP contribution < -0.4 is 0 Å². The summed E-state index contributed by atoms with van der Waals surface area (Å²) in [7, 11) is 1.74. The van der Waals surface area contributed by atoms with Crippen LogP contribution in [-0.4, -0.2) is 15.6 Å². The van der Waals surface area contributed by atoms with Crippen LogP contribution >= 0.6 is 27.5 Å². The third kappa shape index (κ3) is 2.94. The highest BCUT2D eigenvalue weighted by Crippen LogP contribution is 2.24. The molecule has 0 bridgehead atoms. The second-order valence-electron chi connectivity index (χ2n) is 4.41. The van der Waals surface area contributed by atoms with Gasteiger partial charge in [-0.15, -0.1) is 0 Å². The van der Waals surface area contributed by atoms with Crippen LogP contribution in [0.5, 0.6) is 0 Å². The number of Topliss-reactive ketones (excluding diaryl/α,β-unsaturated/α-hetero) is 1. The summed E-state index contributed by atoms with van der Waals surface area (Å²) < 4.78 is 15.4. The van der Waals surface area contributed by atoms with Crippen LogP contribution in [0.4, 0.5) is 4.39 Å². The van der Waals surface area contributed by atoms with Crippen molar-refractivity contribution in [2.24, 2.45) is 7.05 Å². The van der Waals surface area contributed by atoms with Crippen molar-refractivity contribution >= 4 is 33.3 Å². The smallest absolute Gasteiger partial charge is 0.170 e. The molecule has 6 heteroatoms. The molecule has 0 spiro atoms. The highest BCUT2D eigenvalue weighted by atomic mass is 79.9. The first kappa shape index (κ1) is 15.2. The van der Waals surface area contributed by atoms with Crippen molar-refractivity contribution in [3.63, 3.8) is 0 Å². The molecule has 0 saturated heterocycles. The summed E-state index contributed by atoms with van der Waals surface area (Å²) in [6.45, 7) is 1.95. The maximum atomic E-state index is 13.2. The molecule has 1 heterocycles. The largest absolute Gasteiger partial charge is 0.294 e. The maximum absolute atomic E-state index is 13.2. The number of carbonyl (C=O) groups is 1. The lowest BCUT2D eigenvalue weighted by Crippen LogP contribution is -2.09. The SMILES string of the molecule is CCc1nn(C)c(CC(=O)c2cc(F)ccc2Br)c1Cl. The van der Waals surface area contributed by atoms with Crippen molar-refractivity contribution in [1.82, 2.24) is 9.78 Å². The van der Waals surface area contributed by atoms with E-state index in [1.165, 1.54) is 18.2 Å². The molecule has 0 N–H and O–H groups in total. The number of rotatable bonds is 4. The van der Waals surface area contributed by atoms with Crippen molar-refractivity contribution in [1.29, 1.82) is 0 Å². The lowest BCUT2D eigenvalue weighted by Gasteiger charge is -2.05.